The lowest BCUT2D eigenvalue weighted by atomic mass is 10.1. The third kappa shape index (κ3) is 3.79. The summed E-state index contributed by atoms with van der Waals surface area (Å²) in [5, 5.41) is 18.2. The first-order valence-corrected chi connectivity index (χ1v) is 7.34. The number of aromatic carboxylic acids is 2. The topological polar surface area (TPSA) is 83.8 Å². The van der Waals surface area contributed by atoms with Gasteiger partial charge in [-0.3, -0.25) is 0 Å². The number of carbonyl (C=O) groups is 2. The van der Waals surface area contributed by atoms with Crippen LogP contribution in [0.2, 0.25) is 0 Å². The van der Waals surface area contributed by atoms with E-state index < -0.39 is 11.9 Å². The Balaban J connectivity index is 2.32. The Morgan fingerprint density at radius 1 is 1.05 bits per heavy atom. The summed E-state index contributed by atoms with van der Waals surface area (Å²) in [6.07, 6.45) is 0. The van der Waals surface area contributed by atoms with Crippen LogP contribution in [-0.4, -0.2) is 28.8 Å². The maximum Gasteiger partial charge on any atom is 0.336 e. The van der Waals surface area contributed by atoms with Crippen molar-refractivity contribution in [1.29, 1.82) is 0 Å². The number of hydrogen-bond donors (Lipinski definition) is 2. The summed E-state index contributed by atoms with van der Waals surface area (Å²) in [7, 11) is 0. The average molecular weight is 318 g/mol. The Kier molecular flexibility index (Phi) is 5.06. The van der Waals surface area contributed by atoms with Crippen LogP contribution in [-0.2, 0) is 0 Å². The van der Waals surface area contributed by atoms with E-state index in [2.05, 4.69) is 0 Å². The molecular formula is C16H14O5S. The molecule has 22 heavy (non-hydrogen) atoms. The van der Waals surface area contributed by atoms with Crippen LogP contribution in [0.3, 0.4) is 0 Å². The summed E-state index contributed by atoms with van der Waals surface area (Å²) in [6.45, 7) is 2.45. The molecule has 0 saturated carbocycles. The minimum absolute atomic E-state index is 0.0541. The second-order valence-corrected chi connectivity index (χ2v) is 5.44. The van der Waals surface area contributed by atoms with Crippen LogP contribution in [0, 0.1) is 0 Å². The van der Waals surface area contributed by atoms with Gasteiger partial charge in [0.1, 0.15) is 5.75 Å². The molecule has 0 heterocycles. The molecule has 0 radical (unpaired) electrons. The second kappa shape index (κ2) is 7.00. The average Bonchev–Trinajstić information content (AvgIpc) is 2.49. The molecule has 2 aromatic carbocycles. The van der Waals surface area contributed by atoms with Gasteiger partial charge in [-0.05, 0) is 49.4 Å². The highest BCUT2D eigenvalue weighted by Gasteiger charge is 2.14. The monoisotopic (exact) mass is 318 g/mol. The standard InChI is InChI=1S/C16H14O5S/c1-2-21-11-4-6-12(7-5-11)22-14-9-10(15(17)18)3-8-13(14)16(19)20/h3-9H,2H2,1H3,(H,17,18)(H,19,20). The fourth-order valence-corrected chi connectivity index (χ4v) is 2.79. The third-order valence-electron chi connectivity index (χ3n) is 2.82. The molecule has 0 spiro atoms. The number of carboxylic acid groups (broad SMARTS) is 2. The van der Waals surface area contributed by atoms with Crippen LogP contribution in [0.15, 0.2) is 52.3 Å². The van der Waals surface area contributed by atoms with Crippen molar-refractivity contribution in [2.24, 2.45) is 0 Å². The van der Waals surface area contributed by atoms with E-state index in [1.807, 2.05) is 6.92 Å². The molecule has 2 N–H and O–H groups in total. The van der Waals surface area contributed by atoms with Crippen molar-refractivity contribution in [2.75, 3.05) is 6.61 Å². The summed E-state index contributed by atoms with van der Waals surface area (Å²) in [5.74, 6) is -1.46. The smallest absolute Gasteiger partial charge is 0.336 e. The molecule has 0 aromatic heterocycles. The largest absolute Gasteiger partial charge is 0.494 e. The molecule has 0 atom stereocenters. The molecule has 6 heteroatoms. The van der Waals surface area contributed by atoms with Crippen molar-refractivity contribution in [2.45, 2.75) is 16.7 Å². The molecule has 2 rings (SSSR count). The molecule has 5 nitrogen and oxygen atoms in total. The van der Waals surface area contributed by atoms with Gasteiger partial charge in [0.15, 0.2) is 0 Å². The molecule has 2 aromatic rings. The van der Waals surface area contributed by atoms with E-state index in [-0.39, 0.29) is 11.1 Å². The van der Waals surface area contributed by atoms with Gasteiger partial charge in [0, 0.05) is 9.79 Å². The Labute approximate surface area is 131 Å². The predicted octanol–water partition coefficient (Wildman–Crippen LogP) is 3.63. The van der Waals surface area contributed by atoms with Crippen LogP contribution in [0.4, 0.5) is 0 Å². The molecule has 0 amide bonds. The first-order valence-electron chi connectivity index (χ1n) is 6.52. The highest BCUT2D eigenvalue weighted by molar-refractivity contribution is 7.99. The van der Waals surface area contributed by atoms with Crippen molar-refractivity contribution in [3.8, 4) is 5.75 Å². The van der Waals surface area contributed by atoms with Crippen LogP contribution < -0.4 is 4.74 Å². The number of hydrogen-bond acceptors (Lipinski definition) is 4. The summed E-state index contributed by atoms with van der Waals surface area (Å²) >= 11 is 1.20. The minimum atomic E-state index is -1.09. The van der Waals surface area contributed by atoms with E-state index in [1.54, 1.807) is 24.3 Å². The predicted molar refractivity (Wildman–Crippen MR) is 82.1 cm³/mol. The van der Waals surface area contributed by atoms with Crippen molar-refractivity contribution in [3.63, 3.8) is 0 Å². The number of benzene rings is 2. The number of carboxylic acids is 2. The highest BCUT2D eigenvalue weighted by Crippen LogP contribution is 2.32. The third-order valence-corrected chi connectivity index (χ3v) is 3.89. The fraction of sp³-hybridized carbons (Fsp3) is 0.125. The summed E-state index contributed by atoms with van der Waals surface area (Å²) in [5.41, 5.74) is 0.127. The van der Waals surface area contributed by atoms with E-state index >= 15 is 0 Å². The van der Waals surface area contributed by atoms with E-state index in [9.17, 15) is 14.7 Å². The minimum Gasteiger partial charge on any atom is -0.494 e. The summed E-state index contributed by atoms with van der Waals surface area (Å²) in [4.78, 5) is 23.5. The normalized spacial score (nSPS) is 10.2. The summed E-state index contributed by atoms with van der Waals surface area (Å²) in [6, 6.07) is 11.1. The maximum atomic E-state index is 11.3. The van der Waals surface area contributed by atoms with Gasteiger partial charge in [-0.25, -0.2) is 9.59 Å². The van der Waals surface area contributed by atoms with Gasteiger partial charge >= 0.3 is 11.9 Å². The van der Waals surface area contributed by atoms with E-state index in [0.29, 0.717) is 11.5 Å². The van der Waals surface area contributed by atoms with Gasteiger partial charge in [0.25, 0.3) is 0 Å². The lowest BCUT2D eigenvalue weighted by Gasteiger charge is -2.08. The molecule has 114 valence electrons. The Bertz CT molecular complexity index is 694. The zero-order chi connectivity index (χ0) is 16.1. The molecule has 0 unspecified atom stereocenters. The van der Waals surface area contributed by atoms with Gasteiger partial charge in [-0.2, -0.15) is 0 Å². The number of rotatable bonds is 6. The van der Waals surface area contributed by atoms with Crippen LogP contribution in [0.5, 0.6) is 5.75 Å². The lowest BCUT2D eigenvalue weighted by Crippen LogP contribution is -2.02. The van der Waals surface area contributed by atoms with Gasteiger partial charge in [0.05, 0.1) is 17.7 Å². The summed E-state index contributed by atoms with van der Waals surface area (Å²) < 4.78 is 5.34. The first kappa shape index (κ1) is 15.9. The van der Waals surface area contributed by atoms with Crippen molar-refractivity contribution < 1.29 is 24.5 Å². The van der Waals surface area contributed by atoms with E-state index in [0.717, 1.165) is 10.6 Å². The molecule has 0 fully saturated rings. The molecule has 0 aliphatic carbocycles. The molecule has 0 saturated heterocycles. The Morgan fingerprint density at radius 2 is 1.73 bits per heavy atom. The zero-order valence-corrected chi connectivity index (χ0v) is 12.6. The quantitative estimate of drug-likeness (QED) is 0.846. The molecular weight excluding hydrogens is 304 g/mol. The maximum absolute atomic E-state index is 11.3. The van der Waals surface area contributed by atoms with Gasteiger partial charge in [-0.1, -0.05) is 11.8 Å². The molecule has 0 aliphatic heterocycles. The molecule has 0 aliphatic rings. The number of ether oxygens (including phenoxy) is 1. The van der Waals surface area contributed by atoms with Crippen molar-refractivity contribution in [1.82, 2.24) is 0 Å². The Morgan fingerprint density at radius 3 is 2.27 bits per heavy atom. The van der Waals surface area contributed by atoms with Crippen LogP contribution in [0.25, 0.3) is 0 Å². The van der Waals surface area contributed by atoms with Gasteiger partial charge < -0.3 is 14.9 Å². The lowest BCUT2D eigenvalue weighted by molar-refractivity contribution is 0.0678. The van der Waals surface area contributed by atoms with Crippen LogP contribution in [0.1, 0.15) is 27.6 Å². The first-order chi connectivity index (χ1) is 10.5. The van der Waals surface area contributed by atoms with Gasteiger partial charge in [0.2, 0.25) is 0 Å². The van der Waals surface area contributed by atoms with Gasteiger partial charge in [-0.15, -0.1) is 0 Å². The Hall–Kier alpha value is -2.47. The van der Waals surface area contributed by atoms with Crippen molar-refractivity contribution >= 4 is 23.7 Å². The van der Waals surface area contributed by atoms with E-state index in [1.165, 1.54) is 30.0 Å². The molecule has 0 bridgehead atoms. The zero-order valence-electron chi connectivity index (χ0n) is 11.8. The second-order valence-electron chi connectivity index (χ2n) is 4.33. The highest BCUT2D eigenvalue weighted by atomic mass is 32.2. The van der Waals surface area contributed by atoms with E-state index in [4.69, 9.17) is 9.84 Å². The van der Waals surface area contributed by atoms with Crippen molar-refractivity contribution in [3.05, 3.63) is 53.6 Å². The van der Waals surface area contributed by atoms with Crippen LogP contribution >= 0.6 is 11.8 Å². The SMILES string of the molecule is CCOc1ccc(Sc2cc(C(=O)O)ccc2C(=O)O)cc1. The fourth-order valence-electron chi connectivity index (χ4n) is 1.81.